The summed E-state index contributed by atoms with van der Waals surface area (Å²) >= 11 is 0. The maximum absolute atomic E-state index is 5.85. The quantitative estimate of drug-likeness (QED) is 0.768. The maximum Gasteiger partial charge on any atom is 0.126 e. The second-order valence-corrected chi connectivity index (χ2v) is 6.09. The van der Waals surface area contributed by atoms with E-state index in [9.17, 15) is 0 Å². The third kappa shape index (κ3) is 7.13. The zero-order valence-electron chi connectivity index (χ0n) is 12.9. The summed E-state index contributed by atoms with van der Waals surface area (Å²) in [5, 5.41) is 3.46. The first-order chi connectivity index (χ1) is 8.88. The molecule has 1 rings (SSSR count). The minimum absolute atomic E-state index is 0.0953. The van der Waals surface area contributed by atoms with Crippen molar-refractivity contribution in [1.29, 1.82) is 0 Å². The Labute approximate surface area is 117 Å². The minimum Gasteiger partial charge on any atom is -0.493 e. The molecule has 0 saturated carbocycles. The van der Waals surface area contributed by atoms with Crippen LogP contribution in [0.25, 0.3) is 0 Å². The minimum atomic E-state index is 0.0953. The Morgan fingerprint density at radius 3 is 2.68 bits per heavy atom. The summed E-state index contributed by atoms with van der Waals surface area (Å²) in [6.45, 7) is 9.02. The second-order valence-electron chi connectivity index (χ2n) is 6.09. The summed E-state index contributed by atoms with van der Waals surface area (Å²) < 4.78 is 5.85. The highest BCUT2D eigenvalue weighted by Crippen LogP contribution is 2.17. The van der Waals surface area contributed by atoms with Crippen LogP contribution in [-0.4, -0.2) is 42.7 Å². The Kier molecular flexibility index (Phi) is 6.25. The third-order valence-electron chi connectivity index (χ3n) is 2.68. The van der Waals surface area contributed by atoms with Crippen molar-refractivity contribution in [2.75, 3.05) is 27.2 Å². The lowest BCUT2D eigenvalue weighted by atomic mass is 10.1. The van der Waals surface area contributed by atoms with Crippen molar-refractivity contribution in [2.45, 2.75) is 39.3 Å². The zero-order chi connectivity index (χ0) is 14.3. The number of nitrogens with zero attached hydrogens (tertiary/aromatic N) is 2. The lowest BCUT2D eigenvalue weighted by Gasteiger charge is -2.21. The normalized spacial score (nSPS) is 11.9. The SMILES string of the molecule is CN(C)CCCOc1ccncc1CNC(C)(C)C. The molecule has 0 fully saturated rings. The summed E-state index contributed by atoms with van der Waals surface area (Å²) in [6, 6.07) is 1.94. The second kappa shape index (κ2) is 7.46. The number of rotatable bonds is 7. The van der Waals surface area contributed by atoms with Crippen LogP contribution in [0.1, 0.15) is 32.8 Å². The highest BCUT2D eigenvalue weighted by atomic mass is 16.5. The van der Waals surface area contributed by atoms with Crippen LogP contribution in [0.15, 0.2) is 18.5 Å². The van der Waals surface area contributed by atoms with Gasteiger partial charge in [0, 0.05) is 36.6 Å². The zero-order valence-corrected chi connectivity index (χ0v) is 12.9. The van der Waals surface area contributed by atoms with E-state index in [4.69, 9.17) is 4.74 Å². The number of aromatic nitrogens is 1. The van der Waals surface area contributed by atoms with Gasteiger partial charge in [0.1, 0.15) is 5.75 Å². The molecule has 0 aromatic carbocycles. The van der Waals surface area contributed by atoms with E-state index in [-0.39, 0.29) is 5.54 Å². The number of hydrogen-bond donors (Lipinski definition) is 1. The molecule has 0 spiro atoms. The van der Waals surface area contributed by atoms with Crippen LogP contribution >= 0.6 is 0 Å². The smallest absolute Gasteiger partial charge is 0.126 e. The van der Waals surface area contributed by atoms with Crippen LogP contribution in [0.4, 0.5) is 0 Å². The number of ether oxygens (including phenoxy) is 1. The molecular weight excluding hydrogens is 238 g/mol. The average molecular weight is 265 g/mol. The number of hydrogen-bond acceptors (Lipinski definition) is 4. The van der Waals surface area contributed by atoms with Gasteiger partial charge in [-0.3, -0.25) is 4.98 Å². The van der Waals surface area contributed by atoms with Crippen molar-refractivity contribution < 1.29 is 4.74 Å². The Hall–Kier alpha value is -1.13. The summed E-state index contributed by atoms with van der Waals surface area (Å²) in [7, 11) is 4.15. The monoisotopic (exact) mass is 265 g/mol. The number of pyridine rings is 1. The molecule has 4 heteroatoms. The molecule has 0 unspecified atom stereocenters. The van der Waals surface area contributed by atoms with Gasteiger partial charge in [0.25, 0.3) is 0 Å². The van der Waals surface area contributed by atoms with Crippen LogP contribution in [0.3, 0.4) is 0 Å². The highest BCUT2D eigenvalue weighted by Gasteiger charge is 2.11. The van der Waals surface area contributed by atoms with Gasteiger partial charge in [0.15, 0.2) is 0 Å². The van der Waals surface area contributed by atoms with Crippen molar-refractivity contribution in [3.8, 4) is 5.75 Å². The van der Waals surface area contributed by atoms with Gasteiger partial charge in [-0.1, -0.05) is 0 Å². The molecule has 0 radical (unpaired) electrons. The molecule has 19 heavy (non-hydrogen) atoms. The van der Waals surface area contributed by atoms with Crippen LogP contribution in [0.5, 0.6) is 5.75 Å². The highest BCUT2D eigenvalue weighted by molar-refractivity contribution is 5.30. The standard InChI is InChI=1S/C15H27N3O/c1-15(2,3)17-12-13-11-16-8-7-14(13)19-10-6-9-18(4)5/h7-8,11,17H,6,9-10,12H2,1-5H3. The fourth-order valence-electron chi connectivity index (χ4n) is 1.61. The Bertz CT molecular complexity index is 372. The molecule has 1 aromatic heterocycles. The molecule has 0 bridgehead atoms. The van der Waals surface area contributed by atoms with Crippen molar-refractivity contribution in [2.24, 2.45) is 0 Å². The summed E-state index contributed by atoms with van der Waals surface area (Å²) in [6.07, 6.45) is 4.68. The number of nitrogens with one attached hydrogen (secondary N) is 1. The van der Waals surface area contributed by atoms with E-state index in [1.165, 1.54) is 0 Å². The average Bonchev–Trinajstić information content (AvgIpc) is 2.32. The van der Waals surface area contributed by atoms with Crippen molar-refractivity contribution in [3.05, 3.63) is 24.0 Å². The summed E-state index contributed by atoms with van der Waals surface area (Å²) in [4.78, 5) is 6.34. The molecule has 108 valence electrons. The van der Waals surface area contributed by atoms with Gasteiger partial charge in [-0.25, -0.2) is 0 Å². The summed E-state index contributed by atoms with van der Waals surface area (Å²) in [5.74, 6) is 0.936. The first-order valence-corrected chi connectivity index (χ1v) is 6.84. The Morgan fingerprint density at radius 1 is 1.32 bits per heavy atom. The lowest BCUT2D eigenvalue weighted by molar-refractivity contribution is 0.277. The predicted molar refractivity (Wildman–Crippen MR) is 79.5 cm³/mol. The molecule has 0 atom stereocenters. The fourth-order valence-corrected chi connectivity index (χ4v) is 1.61. The van der Waals surface area contributed by atoms with Crippen LogP contribution in [0.2, 0.25) is 0 Å². The topological polar surface area (TPSA) is 37.4 Å². The lowest BCUT2D eigenvalue weighted by Crippen LogP contribution is -2.35. The molecule has 0 amide bonds. The Balaban J connectivity index is 2.48. The first kappa shape index (κ1) is 15.9. The Morgan fingerprint density at radius 2 is 2.05 bits per heavy atom. The predicted octanol–water partition coefficient (Wildman–Crippen LogP) is 2.30. The molecular formula is C15H27N3O. The summed E-state index contributed by atoms with van der Waals surface area (Å²) in [5.41, 5.74) is 1.21. The molecule has 0 aliphatic rings. The fraction of sp³-hybridized carbons (Fsp3) is 0.667. The van der Waals surface area contributed by atoms with Gasteiger partial charge in [0.2, 0.25) is 0 Å². The molecule has 0 aliphatic carbocycles. The van der Waals surface area contributed by atoms with Gasteiger partial charge in [0.05, 0.1) is 6.61 Å². The van der Waals surface area contributed by atoms with Crippen LogP contribution < -0.4 is 10.1 Å². The van der Waals surface area contributed by atoms with Gasteiger partial charge in [-0.2, -0.15) is 0 Å². The van der Waals surface area contributed by atoms with Crippen molar-refractivity contribution in [1.82, 2.24) is 15.2 Å². The van der Waals surface area contributed by atoms with Crippen LogP contribution in [-0.2, 0) is 6.54 Å². The molecule has 1 aromatic rings. The largest absolute Gasteiger partial charge is 0.493 e. The van der Waals surface area contributed by atoms with E-state index in [2.05, 4.69) is 50.1 Å². The molecule has 1 heterocycles. The maximum atomic E-state index is 5.85. The van der Waals surface area contributed by atoms with E-state index in [1.54, 1.807) is 6.20 Å². The van der Waals surface area contributed by atoms with E-state index < -0.39 is 0 Å². The molecule has 4 nitrogen and oxygen atoms in total. The van der Waals surface area contributed by atoms with E-state index >= 15 is 0 Å². The van der Waals surface area contributed by atoms with E-state index in [1.807, 2.05) is 12.3 Å². The van der Waals surface area contributed by atoms with Gasteiger partial charge < -0.3 is 15.0 Å². The van der Waals surface area contributed by atoms with Gasteiger partial charge in [-0.05, 0) is 47.4 Å². The van der Waals surface area contributed by atoms with Crippen molar-refractivity contribution in [3.63, 3.8) is 0 Å². The molecule has 1 N–H and O–H groups in total. The van der Waals surface area contributed by atoms with E-state index in [0.29, 0.717) is 0 Å². The molecule has 0 aliphatic heterocycles. The van der Waals surface area contributed by atoms with E-state index in [0.717, 1.165) is 37.4 Å². The van der Waals surface area contributed by atoms with Gasteiger partial charge in [-0.15, -0.1) is 0 Å². The molecule has 0 saturated heterocycles. The van der Waals surface area contributed by atoms with Crippen LogP contribution in [0, 0.1) is 0 Å². The van der Waals surface area contributed by atoms with Gasteiger partial charge >= 0.3 is 0 Å². The first-order valence-electron chi connectivity index (χ1n) is 6.84. The third-order valence-corrected chi connectivity index (χ3v) is 2.68. The van der Waals surface area contributed by atoms with Crippen molar-refractivity contribution >= 4 is 0 Å².